The molecule has 0 spiro atoms. The predicted molar refractivity (Wildman–Crippen MR) is 125 cm³/mol. The fourth-order valence-corrected chi connectivity index (χ4v) is 4.50. The van der Waals surface area contributed by atoms with E-state index in [0.29, 0.717) is 17.3 Å². The molecule has 1 aliphatic heterocycles. The Morgan fingerprint density at radius 2 is 1.91 bits per heavy atom. The first-order valence-electron chi connectivity index (χ1n) is 11.3. The summed E-state index contributed by atoms with van der Waals surface area (Å²) in [5.74, 6) is 0.0633. The van der Waals surface area contributed by atoms with E-state index in [9.17, 15) is 15.1 Å². The second-order valence-corrected chi connectivity index (χ2v) is 9.27. The van der Waals surface area contributed by atoms with Crippen LogP contribution in [-0.4, -0.2) is 42.1 Å². The molecule has 32 heavy (non-hydrogen) atoms. The molecule has 1 aromatic heterocycles. The van der Waals surface area contributed by atoms with Gasteiger partial charge in [-0.05, 0) is 37.8 Å². The van der Waals surface area contributed by atoms with E-state index in [1.165, 1.54) is 0 Å². The number of fused-ring (bicyclic) bond motifs is 1. The lowest BCUT2D eigenvalue weighted by molar-refractivity contribution is -0.911. The van der Waals surface area contributed by atoms with Gasteiger partial charge in [0.25, 0.3) is 0 Å². The molecule has 0 saturated heterocycles. The summed E-state index contributed by atoms with van der Waals surface area (Å²) < 4.78 is 5.83. The molecule has 2 heterocycles. The standard InChI is InChI=1S/C25H31N4O3/c1-15(2)22-6-5-7-23(29(22)32)25(31)27-21-13-17-12-19(16-8-10-18(30)11-9-16)26-20(17)14-24(21)28(3)4/h5-7,12-16,18,30H,8-11H2,1-4H3,(H,31,32)/q+1/p+1. The highest BCUT2D eigenvalue weighted by atomic mass is 16.5. The molecule has 1 aromatic carbocycles. The lowest BCUT2D eigenvalue weighted by atomic mass is 9.84. The number of amides is 1. The number of pyridine rings is 1. The third-order valence-electron chi connectivity index (χ3n) is 6.36. The monoisotopic (exact) mass is 436 g/mol. The smallest absolute Gasteiger partial charge is 0.337 e. The molecule has 1 fully saturated rings. The first-order chi connectivity index (χ1) is 15.2. The number of carbonyl (C=O) groups is 1. The maximum Gasteiger partial charge on any atom is 0.337 e. The van der Waals surface area contributed by atoms with Crippen molar-refractivity contribution < 1.29 is 19.8 Å². The van der Waals surface area contributed by atoms with Gasteiger partial charge in [0.15, 0.2) is 0 Å². The molecule has 2 aromatic rings. The molecule has 0 radical (unpaired) electrons. The van der Waals surface area contributed by atoms with Crippen molar-refractivity contribution in [1.29, 1.82) is 0 Å². The minimum atomic E-state index is -0.376. The Morgan fingerprint density at radius 1 is 1.19 bits per heavy atom. The van der Waals surface area contributed by atoms with Crippen LogP contribution < -0.4 is 30.2 Å². The summed E-state index contributed by atoms with van der Waals surface area (Å²) in [4.78, 5) is 15.0. The van der Waals surface area contributed by atoms with E-state index in [4.69, 9.17) is 4.67 Å². The van der Waals surface area contributed by atoms with Gasteiger partial charge in [-0.25, -0.2) is 0 Å². The van der Waals surface area contributed by atoms with Crippen molar-refractivity contribution in [2.45, 2.75) is 51.6 Å². The Hall–Kier alpha value is -3.15. The SMILES string of the molecule is CC(C)c1cccc(C(=O)Nc2cc3c(cc2N(C)C)=[N+]=C(C2CCC(O)CC2)C=3)[n+]1O. The average Bonchev–Trinajstić information content (AvgIpc) is 3.16. The Morgan fingerprint density at radius 3 is 2.56 bits per heavy atom. The molecule has 3 N–H and O–H groups in total. The normalized spacial score (nSPS) is 19.6. The van der Waals surface area contributed by atoms with Crippen LogP contribution in [0.3, 0.4) is 0 Å². The number of aliphatic hydroxyl groups is 1. The molecule has 0 bridgehead atoms. The van der Waals surface area contributed by atoms with Crippen LogP contribution in [0.2, 0.25) is 0 Å². The molecule has 168 valence electrons. The number of nitrogens with zero attached hydrogens (tertiary/aromatic N) is 3. The van der Waals surface area contributed by atoms with Crippen LogP contribution in [0.4, 0.5) is 11.4 Å². The van der Waals surface area contributed by atoms with Gasteiger partial charge in [0.1, 0.15) is 0 Å². The van der Waals surface area contributed by atoms with Gasteiger partial charge in [0.05, 0.1) is 34.7 Å². The Labute approximate surface area is 188 Å². The van der Waals surface area contributed by atoms with Crippen LogP contribution in [0.1, 0.15) is 61.6 Å². The van der Waals surface area contributed by atoms with Crippen LogP contribution in [0, 0.1) is 5.92 Å². The Kier molecular flexibility index (Phi) is 6.04. The summed E-state index contributed by atoms with van der Waals surface area (Å²) in [7, 11) is 3.85. The summed E-state index contributed by atoms with van der Waals surface area (Å²) >= 11 is 0. The lowest BCUT2D eigenvalue weighted by Crippen LogP contribution is -2.44. The number of carbonyl (C=O) groups excluding carboxylic acids is 1. The summed E-state index contributed by atoms with van der Waals surface area (Å²) in [5.41, 5.74) is 3.42. The number of aliphatic hydroxyl groups excluding tert-OH is 1. The topological polar surface area (TPSA) is 90.8 Å². The molecule has 1 amide bonds. The number of aromatic nitrogens is 1. The third kappa shape index (κ3) is 4.27. The molecular weight excluding hydrogens is 404 g/mol. The van der Waals surface area contributed by atoms with E-state index >= 15 is 0 Å². The highest BCUT2D eigenvalue weighted by molar-refractivity contribution is 6.12. The largest absolute Gasteiger partial charge is 0.393 e. The molecule has 0 atom stereocenters. The zero-order valence-electron chi connectivity index (χ0n) is 19.2. The van der Waals surface area contributed by atoms with Gasteiger partial charge < -0.3 is 15.3 Å². The number of rotatable bonds is 5. The van der Waals surface area contributed by atoms with Crippen molar-refractivity contribution in [2.75, 3.05) is 24.3 Å². The van der Waals surface area contributed by atoms with Gasteiger partial charge in [-0.1, -0.05) is 18.5 Å². The predicted octanol–water partition coefficient (Wildman–Crippen LogP) is 1.13. The van der Waals surface area contributed by atoms with Gasteiger partial charge in [-0.3, -0.25) is 10.0 Å². The average molecular weight is 437 g/mol. The number of anilines is 2. The van der Waals surface area contributed by atoms with Crippen molar-refractivity contribution in [3.8, 4) is 0 Å². The van der Waals surface area contributed by atoms with E-state index in [1.807, 2.05) is 45.0 Å². The minimum absolute atomic E-state index is 0.0798. The van der Waals surface area contributed by atoms with Crippen molar-refractivity contribution in [1.82, 2.24) is 4.67 Å². The van der Waals surface area contributed by atoms with Crippen LogP contribution in [0.15, 0.2) is 30.3 Å². The molecule has 2 aliphatic rings. The van der Waals surface area contributed by atoms with Gasteiger partial charge in [-0.2, -0.15) is 0 Å². The highest BCUT2D eigenvalue weighted by Crippen LogP contribution is 2.26. The van der Waals surface area contributed by atoms with Crippen LogP contribution in [0.25, 0.3) is 6.08 Å². The summed E-state index contributed by atoms with van der Waals surface area (Å²) in [6.07, 6.45) is 5.41. The lowest BCUT2D eigenvalue weighted by Gasteiger charge is -2.20. The first-order valence-corrected chi connectivity index (χ1v) is 11.3. The fraction of sp³-hybridized carbons (Fsp3) is 0.440. The minimum Gasteiger partial charge on any atom is -0.393 e. The molecule has 7 heteroatoms. The zero-order chi connectivity index (χ0) is 23.0. The quantitative estimate of drug-likeness (QED) is 0.372. The van der Waals surface area contributed by atoms with E-state index in [0.717, 1.165) is 52.4 Å². The van der Waals surface area contributed by atoms with Gasteiger partial charge >= 0.3 is 22.7 Å². The maximum absolute atomic E-state index is 13.1. The molecule has 1 saturated carbocycles. The van der Waals surface area contributed by atoms with Crippen molar-refractivity contribution in [3.63, 3.8) is 0 Å². The number of benzene rings is 1. The maximum atomic E-state index is 13.1. The second kappa shape index (κ2) is 8.77. The molecule has 1 aliphatic carbocycles. The van der Waals surface area contributed by atoms with Gasteiger partial charge in [0, 0.05) is 43.0 Å². The molecule has 4 rings (SSSR count). The van der Waals surface area contributed by atoms with Gasteiger partial charge in [0.2, 0.25) is 5.69 Å². The highest BCUT2D eigenvalue weighted by Gasteiger charge is 2.31. The summed E-state index contributed by atoms with van der Waals surface area (Å²) in [6, 6.07) is 9.13. The molecule has 7 nitrogen and oxygen atoms in total. The Balaban J connectivity index is 1.67. The van der Waals surface area contributed by atoms with Crippen LogP contribution in [0.5, 0.6) is 0 Å². The number of hydrogen-bond acceptors (Lipinski definition) is 4. The zero-order valence-corrected chi connectivity index (χ0v) is 19.2. The van der Waals surface area contributed by atoms with Crippen molar-refractivity contribution >= 4 is 29.1 Å². The van der Waals surface area contributed by atoms with Crippen LogP contribution >= 0.6 is 0 Å². The number of hydrogen-bond donors (Lipinski definition) is 3. The molecular formula is C25H32N4O3+2. The summed E-state index contributed by atoms with van der Waals surface area (Å²) in [5, 5.41) is 25.2. The Bertz CT molecular complexity index is 1200. The fourth-order valence-electron chi connectivity index (χ4n) is 4.50. The van der Waals surface area contributed by atoms with Gasteiger partial charge in [-0.15, -0.1) is 0 Å². The second-order valence-electron chi connectivity index (χ2n) is 9.27. The van der Waals surface area contributed by atoms with Crippen molar-refractivity contribution in [3.05, 3.63) is 52.3 Å². The molecule has 0 unspecified atom stereocenters. The number of nitrogens with one attached hydrogen (secondary N) is 1. The van der Waals surface area contributed by atoms with Crippen molar-refractivity contribution in [2.24, 2.45) is 5.92 Å². The van der Waals surface area contributed by atoms with E-state index in [2.05, 4.69) is 11.4 Å². The van der Waals surface area contributed by atoms with E-state index in [1.54, 1.807) is 18.2 Å². The van der Waals surface area contributed by atoms with E-state index < -0.39 is 0 Å². The van der Waals surface area contributed by atoms with Crippen LogP contribution in [-0.2, 0) is 0 Å². The third-order valence-corrected chi connectivity index (χ3v) is 6.36. The van der Waals surface area contributed by atoms with E-state index in [-0.39, 0.29) is 23.6 Å². The summed E-state index contributed by atoms with van der Waals surface area (Å²) in [6.45, 7) is 3.93. The first kappa shape index (κ1) is 22.1.